The molecule has 0 fully saturated rings. The van der Waals surface area contributed by atoms with Gasteiger partial charge >= 0.3 is 0 Å². The van der Waals surface area contributed by atoms with Crippen molar-refractivity contribution in [2.24, 2.45) is 0 Å². The van der Waals surface area contributed by atoms with Crippen LogP contribution < -0.4 is 9.80 Å². The molecule has 0 aliphatic rings. The zero-order chi connectivity index (χ0) is 29.7. The van der Waals surface area contributed by atoms with Gasteiger partial charge in [-0.25, -0.2) is 0 Å². The lowest BCUT2D eigenvalue weighted by molar-refractivity contribution is 0.199. The molecule has 2 aromatic rings. The molecule has 0 bridgehead atoms. The first-order valence-electron chi connectivity index (χ1n) is 12.9. The third-order valence-electron chi connectivity index (χ3n) is 6.65. The molecule has 4 N–H and O–H groups in total. The number of anilines is 2. The summed E-state index contributed by atoms with van der Waals surface area (Å²) in [4.78, 5) is 3.78. The van der Waals surface area contributed by atoms with Gasteiger partial charge in [-0.05, 0) is 87.1 Å². The monoisotopic (exact) mass is 586 g/mol. The molecule has 0 aliphatic carbocycles. The molecular formula is C27H42N2O8S2. The quantitative estimate of drug-likeness (QED) is 0.243. The zero-order valence-corrected chi connectivity index (χ0v) is 25.2. The molecule has 220 valence electrons. The summed E-state index contributed by atoms with van der Waals surface area (Å²) < 4.78 is 63.7. The average molecular weight is 587 g/mol. The van der Waals surface area contributed by atoms with Crippen molar-refractivity contribution >= 4 is 31.6 Å². The molecule has 0 aromatic heterocycles. The molecule has 0 amide bonds. The lowest BCUT2D eigenvalue weighted by Gasteiger charge is -2.32. The zero-order valence-electron chi connectivity index (χ0n) is 23.5. The van der Waals surface area contributed by atoms with Gasteiger partial charge < -0.3 is 20.0 Å². The van der Waals surface area contributed by atoms with Crippen molar-refractivity contribution in [1.29, 1.82) is 0 Å². The highest BCUT2D eigenvalue weighted by Crippen LogP contribution is 2.34. The van der Waals surface area contributed by atoms with E-state index in [0.29, 0.717) is 19.5 Å². The van der Waals surface area contributed by atoms with Gasteiger partial charge in [0.25, 0.3) is 20.2 Å². The van der Waals surface area contributed by atoms with Gasteiger partial charge in [-0.1, -0.05) is 12.1 Å². The number of aryl methyl sites for hydroxylation is 4. The predicted octanol–water partition coefficient (Wildman–Crippen LogP) is 2.66. The Morgan fingerprint density at radius 1 is 0.667 bits per heavy atom. The number of hydrogen-bond acceptors (Lipinski definition) is 8. The van der Waals surface area contributed by atoms with E-state index >= 15 is 0 Å². The summed E-state index contributed by atoms with van der Waals surface area (Å²) in [6, 6.07) is 8.08. The largest absolute Gasteiger partial charge is 0.390 e. The van der Waals surface area contributed by atoms with Gasteiger partial charge in [0, 0.05) is 44.0 Å². The number of hydrogen-bond donors (Lipinski definition) is 4. The van der Waals surface area contributed by atoms with Gasteiger partial charge in [-0.15, -0.1) is 0 Å². The van der Waals surface area contributed by atoms with Crippen LogP contribution >= 0.6 is 0 Å². The molecular weight excluding hydrogens is 544 g/mol. The average Bonchev–Trinajstić information content (AvgIpc) is 2.76. The van der Waals surface area contributed by atoms with Crippen LogP contribution in [0.15, 0.2) is 24.3 Å². The highest BCUT2D eigenvalue weighted by atomic mass is 32.2. The second-order valence-electron chi connectivity index (χ2n) is 10.2. The van der Waals surface area contributed by atoms with E-state index in [-0.39, 0.29) is 13.1 Å². The van der Waals surface area contributed by atoms with E-state index in [1.165, 1.54) is 0 Å². The molecule has 39 heavy (non-hydrogen) atoms. The summed E-state index contributed by atoms with van der Waals surface area (Å²) in [6.07, 6.45) is -2.09. The molecule has 2 rings (SSSR count). The van der Waals surface area contributed by atoms with E-state index in [4.69, 9.17) is 0 Å². The van der Waals surface area contributed by atoms with E-state index < -0.39 is 43.9 Å². The van der Waals surface area contributed by atoms with Gasteiger partial charge in [0.1, 0.15) is 11.5 Å². The number of aliphatic hydroxyl groups excluding tert-OH is 2. The summed E-state index contributed by atoms with van der Waals surface area (Å²) in [7, 11) is -8.68. The minimum absolute atomic E-state index is 0.00876. The van der Waals surface area contributed by atoms with Crippen molar-refractivity contribution in [2.45, 2.75) is 60.2 Å². The Hall–Kier alpha value is -2.22. The molecule has 0 aliphatic heterocycles. The molecule has 2 atom stereocenters. The molecule has 0 spiro atoms. The topological polar surface area (TPSA) is 156 Å². The SMILES string of the molecule is CCN(CC(O)CS(=O)(=O)O)c1cc(C)cc(C)c1Cc1c(C)cc(C)cc1N(CC)CC(O)CS(=O)(=O)O. The predicted molar refractivity (Wildman–Crippen MR) is 155 cm³/mol. The first-order valence-corrected chi connectivity index (χ1v) is 16.1. The lowest BCUT2D eigenvalue weighted by Crippen LogP contribution is -2.37. The Balaban J connectivity index is 2.58. The highest BCUT2D eigenvalue weighted by molar-refractivity contribution is 7.86. The van der Waals surface area contributed by atoms with Crippen LogP contribution in [0, 0.1) is 27.7 Å². The van der Waals surface area contributed by atoms with Crippen molar-refractivity contribution in [3.05, 3.63) is 57.6 Å². The Labute approximate surface area is 232 Å². The molecule has 0 saturated heterocycles. The first-order chi connectivity index (χ1) is 17.9. The van der Waals surface area contributed by atoms with Gasteiger partial charge in [0.05, 0.1) is 12.2 Å². The van der Waals surface area contributed by atoms with E-state index in [2.05, 4.69) is 12.1 Å². The molecule has 10 nitrogen and oxygen atoms in total. The second-order valence-corrected chi connectivity index (χ2v) is 13.2. The van der Waals surface area contributed by atoms with Crippen LogP contribution in [0.5, 0.6) is 0 Å². The maximum atomic E-state index is 11.3. The fourth-order valence-electron chi connectivity index (χ4n) is 5.05. The van der Waals surface area contributed by atoms with Crippen LogP contribution in [0.25, 0.3) is 0 Å². The highest BCUT2D eigenvalue weighted by Gasteiger charge is 2.24. The first kappa shape index (κ1) is 33.0. The Kier molecular flexibility index (Phi) is 11.4. The van der Waals surface area contributed by atoms with E-state index in [0.717, 1.165) is 44.8 Å². The summed E-state index contributed by atoms with van der Waals surface area (Å²) in [5.74, 6) is -1.52. The lowest BCUT2D eigenvalue weighted by atomic mass is 9.91. The van der Waals surface area contributed by atoms with Gasteiger partial charge in [-0.3, -0.25) is 9.11 Å². The summed E-state index contributed by atoms with van der Waals surface area (Å²) in [5, 5.41) is 20.8. The van der Waals surface area contributed by atoms with Crippen LogP contribution in [0.2, 0.25) is 0 Å². The summed E-state index contributed by atoms with van der Waals surface area (Å²) in [5.41, 5.74) is 7.64. The fourth-order valence-corrected chi connectivity index (χ4v) is 6.23. The Morgan fingerprint density at radius 3 is 1.28 bits per heavy atom. The molecule has 2 aromatic carbocycles. The van der Waals surface area contributed by atoms with Crippen LogP contribution in [0.1, 0.15) is 47.2 Å². The van der Waals surface area contributed by atoms with Crippen molar-refractivity contribution in [2.75, 3.05) is 47.5 Å². The Bertz CT molecular complexity index is 1260. The maximum absolute atomic E-state index is 11.3. The standard InChI is InChI=1S/C27H42N2O8S2/c1-7-28(14-22(30)16-38(32,33)34)26-11-18(3)9-20(5)24(26)13-25-21(6)10-19(4)12-27(25)29(8-2)15-23(31)17-39(35,36)37/h9-12,22-23,30-31H,7-8,13-17H2,1-6H3,(H,32,33,34)(H,35,36,37). The number of rotatable bonds is 14. The van der Waals surface area contributed by atoms with E-state index in [1.807, 2.05) is 63.5 Å². The third kappa shape index (κ3) is 10.0. The molecule has 0 radical (unpaired) electrons. The number of benzene rings is 2. The van der Waals surface area contributed by atoms with Gasteiger partial charge in [-0.2, -0.15) is 16.8 Å². The van der Waals surface area contributed by atoms with Crippen molar-refractivity contribution < 1.29 is 36.2 Å². The normalized spacial score (nSPS) is 13.8. The van der Waals surface area contributed by atoms with Gasteiger partial charge in [0.15, 0.2) is 0 Å². The molecule has 0 heterocycles. The summed E-state index contributed by atoms with van der Waals surface area (Å²) >= 11 is 0. The van der Waals surface area contributed by atoms with E-state index in [9.17, 15) is 36.2 Å². The van der Waals surface area contributed by atoms with Crippen LogP contribution in [-0.4, -0.2) is 86.0 Å². The minimum atomic E-state index is -4.34. The minimum Gasteiger partial charge on any atom is -0.390 e. The van der Waals surface area contributed by atoms with Gasteiger partial charge in [0.2, 0.25) is 0 Å². The molecule has 12 heteroatoms. The van der Waals surface area contributed by atoms with E-state index in [1.54, 1.807) is 0 Å². The Morgan fingerprint density at radius 2 is 1.00 bits per heavy atom. The van der Waals surface area contributed by atoms with Crippen LogP contribution in [0.4, 0.5) is 11.4 Å². The number of likely N-dealkylation sites (N-methyl/N-ethyl adjacent to an activating group) is 2. The smallest absolute Gasteiger partial charge is 0.267 e. The van der Waals surface area contributed by atoms with Crippen LogP contribution in [0.3, 0.4) is 0 Å². The maximum Gasteiger partial charge on any atom is 0.267 e. The molecule has 2 unspecified atom stereocenters. The van der Waals surface area contributed by atoms with Crippen molar-refractivity contribution in [3.8, 4) is 0 Å². The number of aliphatic hydroxyl groups is 2. The van der Waals surface area contributed by atoms with Crippen LogP contribution in [-0.2, 0) is 26.7 Å². The third-order valence-corrected chi connectivity index (χ3v) is 8.27. The number of nitrogens with zero attached hydrogens (tertiary/aromatic N) is 2. The summed E-state index contributed by atoms with van der Waals surface area (Å²) in [6.45, 7) is 12.7. The van der Waals surface area contributed by atoms with Crippen molar-refractivity contribution in [3.63, 3.8) is 0 Å². The fraction of sp³-hybridized carbons (Fsp3) is 0.556. The molecule has 0 saturated carbocycles. The second kappa shape index (κ2) is 13.4. The van der Waals surface area contributed by atoms with Crippen molar-refractivity contribution in [1.82, 2.24) is 0 Å².